The molecular weight excluding hydrogens is 234 g/mol. The van der Waals surface area contributed by atoms with Gasteiger partial charge in [0.05, 0.1) is 11.0 Å². The third-order valence-corrected chi connectivity index (χ3v) is 2.15. The summed E-state index contributed by atoms with van der Waals surface area (Å²) >= 11 is 0. The molecule has 18 heavy (non-hydrogen) atoms. The summed E-state index contributed by atoms with van der Waals surface area (Å²) in [6.07, 6.45) is 0. The lowest BCUT2D eigenvalue weighted by Gasteiger charge is -2.15. The molecule has 6 nitrogen and oxygen atoms in total. The van der Waals surface area contributed by atoms with Gasteiger partial charge in [-0.1, -0.05) is 0 Å². The largest absolute Gasteiger partial charge is 0.491 e. The Morgan fingerprint density at radius 3 is 2.50 bits per heavy atom. The first-order valence-corrected chi connectivity index (χ1v) is 5.56. The van der Waals surface area contributed by atoms with Crippen LogP contribution in [0.25, 0.3) is 0 Å². The molecule has 0 radical (unpaired) electrons. The van der Waals surface area contributed by atoms with E-state index in [2.05, 4.69) is 11.4 Å². The second-order valence-electron chi connectivity index (χ2n) is 4.07. The summed E-state index contributed by atoms with van der Waals surface area (Å²) in [6, 6.07) is 7.64. The van der Waals surface area contributed by atoms with Crippen molar-refractivity contribution < 1.29 is 9.66 Å². The molecule has 0 saturated carbocycles. The van der Waals surface area contributed by atoms with Crippen molar-refractivity contribution in [3.63, 3.8) is 0 Å². The Balaban J connectivity index is 2.52. The summed E-state index contributed by atoms with van der Waals surface area (Å²) in [6.45, 7) is 4.08. The standard InChI is InChI=1S/C12H15N3O3/c1-9(2)14-10(7-13)8-18-12-5-3-11(4-6-12)15(16)17/h3-6,9-10,14H,8H2,1-2H3. The molecule has 0 aliphatic rings. The van der Waals surface area contributed by atoms with E-state index in [0.29, 0.717) is 5.75 Å². The molecule has 0 spiro atoms. The van der Waals surface area contributed by atoms with Crippen LogP contribution in [0.2, 0.25) is 0 Å². The van der Waals surface area contributed by atoms with Crippen LogP contribution in [0.5, 0.6) is 5.75 Å². The van der Waals surface area contributed by atoms with E-state index in [1.807, 2.05) is 13.8 Å². The molecule has 0 amide bonds. The number of hydrogen-bond donors (Lipinski definition) is 1. The monoisotopic (exact) mass is 249 g/mol. The molecule has 1 rings (SSSR count). The lowest BCUT2D eigenvalue weighted by Crippen LogP contribution is -2.37. The van der Waals surface area contributed by atoms with Crippen molar-refractivity contribution in [2.75, 3.05) is 6.61 Å². The molecule has 6 heteroatoms. The van der Waals surface area contributed by atoms with Gasteiger partial charge in [-0.25, -0.2) is 0 Å². The van der Waals surface area contributed by atoms with Crippen LogP contribution >= 0.6 is 0 Å². The van der Waals surface area contributed by atoms with E-state index in [4.69, 9.17) is 10.00 Å². The molecule has 0 fully saturated rings. The van der Waals surface area contributed by atoms with E-state index < -0.39 is 11.0 Å². The first-order chi connectivity index (χ1) is 8.52. The number of nitro benzene ring substituents is 1. The van der Waals surface area contributed by atoms with Crippen molar-refractivity contribution in [1.82, 2.24) is 5.32 Å². The molecule has 1 N–H and O–H groups in total. The lowest BCUT2D eigenvalue weighted by molar-refractivity contribution is -0.384. The number of ether oxygens (including phenoxy) is 1. The molecule has 0 aliphatic carbocycles. The van der Waals surface area contributed by atoms with Gasteiger partial charge in [0, 0.05) is 18.2 Å². The molecule has 0 aromatic heterocycles. The molecule has 1 aromatic carbocycles. The Kier molecular flexibility index (Phi) is 5.08. The fourth-order valence-electron chi connectivity index (χ4n) is 1.37. The predicted octanol–water partition coefficient (Wildman–Crippen LogP) is 1.86. The van der Waals surface area contributed by atoms with Crippen LogP contribution in [-0.4, -0.2) is 23.6 Å². The number of benzene rings is 1. The van der Waals surface area contributed by atoms with Gasteiger partial charge in [-0.3, -0.25) is 15.4 Å². The number of hydrogen-bond acceptors (Lipinski definition) is 5. The molecular formula is C12H15N3O3. The van der Waals surface area contributed by atoms with Gasteiger partial charge in [-0.2, -0.15) is 5.26 Å². The van der Waals surface area contributed by atoms with Crippen molar-refractivity contribution in [1.29, 1.82) is 5.26 Å². The number of nitro groups is 1. The van der Waals surface area contributed by atoms with Crippen molar-refractivity contribution in [2.24, 2.45) is 0 Å². The number of nitriles is 1. The van der Waals surface area contributed by atoms with E-state index >= 15 is 0 Å². The van der Waals surface area contributed by atoms with Gasteiger partial charge in [0.25, 0.3) is 5.69 Å². The first-order valence-electron chi connectivity index (χ1n) is 5.56. The first kappa shape index (κ1) is 13.9. The Bertz CT molecular complexity index is 437. The highest BCUT2D eigenvalue weighted by Gasteiger charge is 2.10. The molecule has 1 unspecified atom stereocenters. The quantitative estimate of drug-likeness (QED) is 0.614. The minimum absolute atomic E-state index is 0.0134. The predicted molar refractivity (Wildman–Crippen MR) is 66.3 cm³/mol. The van der Waals surface area contributed by atoms with Gasteiger partial charge in [-0.15, -0.1) is 0 Å². The van der Waals surface area contributed by atoms with Crippen molar-refractivity contribution in [3.05, 3.63) is 34.4 Å². The average Bonchev–Trinajstić information content (AvgIpc) is 2.34. The van der Waals surface area contributed by atoms with Gasteiger partial charge in [0.2, 0.25) is 0 Å². The minimum Gasteiger partial charge on any atom is -0.491 e. The molecule has 0 heterocycles. The fourth-order valence-corrected chi connectivity index (χ4v) is 1.37. The summed E-state index contributed by atoms with van der Waals surface area (Å²) < 4.78 is 5.39. The van der Waals surface area contributed by atoms with Crippen LogP contribution in [0, 0.1) is 21.4 Å². The smallest absolute Gasteiger partial charge is 0.269 e. The van der Waals surface area contributed by atoms with Gasteiger partial charge in [0.15, 0.2) is 0 Å². The number of nitrogens with one attached hydrogen (secondary N) is 1. The zero-order chi connectivity index (χ0) is 13.5. The molecule has 0 aliphatic heterocycles. The van der Waals surface area contributed by atoms with E-state index in [0.717, 1.165) is 0 Å². The SMILES string of the molecule is CC(C)NC(C#N)COc1ccc([N+](=O)[O-])cc1. The summed E-state index contributed by atoms with van der Waals surface area (Å²) in [5, 5.41) is 22.4. The van der Waals surface area contributed by atoms with E-state index in [1.165, 1.54) is 24.3 Å². The second kappa shape index (κ2) is 6.57. The maximum Gasteiger partial charge on any atom is 0.269 e. The van der Waals surface area contributed by atoms with Gasteiger partial charge >= 0.3 is 0 Å². The van der Waals surface area contributed by atoms with Crippen LogP contribution in [0.1, 0.15) is 13.8 Å². The fraction of sp³-hybridized carbons (Fsp3) is 0.417. The van der Waals surface area contributed by atoms with Crippen LogP contribution < -0.4 is 10.1 Å². The van der Waals surface area contributed by atoms with Crippen molar-refractivity contribution >= 4 is 5.69 Å². The van der Waals surface area contributed by atoms with Crippen LogP contribution in [0.15, 0.2) is 24.3 Å². The molecule has 0 saturated heterocycles. The number of non-ortho nitro benzene ring substituents is 1. The number of rotatable bonds is 6. The normalized spacial score (nSPS) is 11.9. The van der Waals surface area contributed by atoms with Crippen LogP contribution in [-0.2, 0) is 0 Å². The Morgan fingerprint density at radius 2 is 2.06 bits per heavy atom. The second-order valence-corrected chi connectivity index (χ2v) is 4.07. The van der Waals surface area contributed by atoms with E-state index in [-0.39, 0.29) is 18.3 Å². The minimum atomic E-state index is -0.470. The van der Waals surface area contributed by atoms with Crippen molar-refractivity contribution in [3.8, 4) is 11.8 Å². The molecule has 1 aromatic rings. The maximum atomic E-state index is 10.5. The zero-order valence-corrected chi connectivity index (χ0v) is 10.3. The highest BCUT2D eigenvalue weighted by atomic mass is 16.6. The summed E-state index contributed by atoms with van der Waals surface area (Å²) in [4.78, 5) is 9.99. The summed E-state index contributed by atoms with van der Waals surface area (Å²) in [5.41, 5.74) is 0.0134. The van der Waals surface area contributed by atoms with Gasteiger partial charge in [0.1, 0.15) is 18.4 Å². The third-order valence-electron chi connectivity index (χ3n) is 2.15. The molecule has 1 atom stereocenters. The van der Waals surface area contributed by atoms with E-state index in [1.54, 1.807) is 0 Å². The third kappa shape index (κ3) is 4.39. The van der Waals surface area contributed by atoms with E-state index in [9.17, 15) is 10.1 Å². The lowest BCUT2D eigenvalue weighted by atomic mass is 10.3. The topological polar surface area (TPSA) is 88.2 Å². The van der Waals surface area contributed by atoms with Gasteiger partial charge < -0.3 is 4.74 Å². The zero-order valence-electron chi connectivity index (χ0n) is 10.3. The van der Waals surface area contributed by atoms with Crippen molar-refractivity contribution in [2.45, 2.75) is 25.9 Å². The Morgan fingerprint density at radius 1 is 1.44 bits per heavy atom. The number of nitrogens with zero attached hydrogens (tertiary/aromatic N) is 2. The Labute approximate surface area is 105 Å². The van der Waals surface area contributed by atoms with Gasteiger partial charge in [-0.05, 0) is 26.0 Å². The maximum absolute atomic E-state index is 10.5. The highest BCUT2D eigenvalue weighted by molar-refractivity contribution is 5.36. The average molecular weight is 249 g/mol. The Hall–Kier alpha value is -2.13. The highest BCUT2D eigenvalue weighted by Crippen LogP contribution is 2.17. The summed E-state index contributed by atoms with van der Waals surface area (Å²) in [5.74, 6) is 0.506. The van der Waals surface area contributed by atoms with Crippen LogP contribution in [0.4, 0.5) is 5.69 Å². The summed E-state index contributed by atoms with van der Waals surface area (Å²) in [7, 11) is 0. The molecule has 96 valence electrons. The molecule has 0 bridgehead atoms. The van der Waals surface area contributed by atoms with Crippen LogP contribution in [0.3, 0.4) is 0 Å².